The van der Waals surface area contributed by atoms with E-state index in [0.717, 1.165) is 33.5 Å². The van der Waals surface area contributed by atoms with E-state index >= 15 is 0 Å². The van der Waals surface area contributed by atoms with Crippen molar-refractivity contribution in [2.45, 2.75) is 6.54 Å². The predicted octanol–water partition coefficient (Wildman–Crippen LogP) is 3.23. The fourth-order valence-electron chi connectivity index (χ4n) is 4.08. The Balaban J connectivity index is 1.89. The Morgan fingerprint density at radius 2 is 1.88 bits per heavy atom. The van der Waals surface area contributed by atoms with Gasteiger partial charge in [0.25, 0.3) is 5.65 Å². The molecule has 0 aliphatic carbocycles. The molecule has 0 unspecified atom stereocenters. The summed E-state index contributed by atoms with van der Waals surface area (Å²) in [7, 11) is 0. The van der Waals surface area contributed by atoms with Gasteiger partial charge in [-0.1, -0.05) is 18.2 Å². The maximum absolute atomic E-state index is 8.22. The van der Waals surface area contributed by atoms with Crippen LogP contribution in [0.5, 0.6) is 0 Å². The molecule has 124 valence electrons. The molecular weight excluding hydrogens is 322 g/mol. The van der Waals surface area contributed by atoms with Crippen molar-refractivity contribution in [3.8, 4) is 17.1 Å². The van der Waals surface area contributed by atoms with Crippen LogP contribution in [0, 0.1) is 0 Å². The Kier molecular flexibility index (Phi) is 2.06. The minimum Gasteiger partial charge on any atom is -0.264 e. The zero-order valence-corrected chi connectivity index (χ0v) is 13.8. The lowest BCUT2D eigenvalue weighted by Gasteiger charge is -2.04. The fraction of sp³-hybridized carbons (Fsp3) is 0.0952. The molecule has 0 fully saturated rings. The van der Waals surface area contributed by atoms with Gasteiger partial charge in [-0.05, 0) is 24.3 Å². The van der Waals surface area contributed by atoms with Crippen molar-refractivity contribution in [2.75, 3.05) is 0 Å². The predicted molar refractivity (Wildman–Crippen MR) is 100 cm³/mol. The third kappa shape index (κ3) is 1.57. The first-order valence-corrected chi connectivity index (χ1v) is 8.47. The maximum atomic E-state index is 8.22. The zero-order chi connectivity index (χ0) is 19.8. The molecule has 26 heavy (non-hydrogen) atoms. The summed E-state index contributed by atoms with van der Waals surface area (Å²) in [5.74, 6) is 0.945. The summed E-state index contributed by atoms with van der Waals surface area (Å²) >= 11 is 0. The molecule has 0 atom stereocenters. The molecule has 4 aromatic heterocycles. The number of pyridine rings is 2. The Hall–Kier alpha value is -3.47. The maximum Gasteiger partial charge on any atom is 0.270 e. The standard InChI is InChI=1S/C21H16N5/c1-24-18-12-23-10-8-16(18)19-21(24)25-13-14-7-9-22-11-17(14)20(25)26(19)15-5-3-2-4-6-15/h2-12H,13H2,1H3/q+1/i1D3. The van der Waals surface area contributed by atoms with Gasteiger partial charge in [0, 0.05) is 24.2 Å². The highest BCUT2D eigenvalue weighted by Gasteiger charge is 2.36. The lowest BCUT2D eigenvalue weighted by atomic mass is 10.1. The van der Waals surface area contributed by atoms with E-state index in [1.165, 1.54) is 4.57 Å². The first kappa shape index (κ1) is 11.2. The second-order valence-electron chi connectivity index (χ2n) is 6.51. The number of imidazole rings is 1. The Labute approximate surface area is 154 Å². The number of aromatic nitrogens is 5. The van der Waals surface area contributed by atoms with Gasteiger partial charge in [0.15, 0.2) is 5.52 Å². The summed E-state index contributed by atoms with van der Waals surface area (Å²) in [6, 6.07) is 13.9. The van der Waals surface area contributed by atoms with Crippen LogP contribution in [0.25, 0.3) is 39.1 Å². The second kappa shape index (κ2) is 4.79. The molecule has 5 heteroatoms. The van der Waals surface area contributed by atoms with Crippen molar-refractivity contribution in [1.29, 1.82) is 0 Å². The number of hydrogen-bond donors (Lipinski definition) is 0. The van der Waals surface area contributed by atoms with Crippen molar-refractivity contribution < 1.29 is 8.68 Å². The number of benzene rings is 1. The molecule has 5 nitrogen and oxygen atoms in total. The number of hydrogen-bond acceptors (Lipinski definition) is 2. The number of para-hydroxylation sites is 1. The first-order chi connectivity index (χ1) is 14.1. The Morgan fingerprint density at radius 1 is 1.04 bits per heavy atom. The largest absolute Gasteiger partial charge is 0.270 e. The van der Waals surface area contributed by atoms with E-state index in [1.807, 2.05) is 48.7 Å². The van der Waals surface area contributed by atoms with Crippen LogP contribution in [0.1, 0.15) is 9.68 Å². The highest BCUT2D eigenvalue weighted by atomic mass is 15.3. The molecule has 5 aromatic rings. The van der Waals surface area contributed by atoms with E-state index in [1.54, 1.807) is 18.6 Å². The van der Waals surface area contributed by atoms with Crippen molar-refractivity contribution in [3.63, 3.8) is 0 Å². The van der Waals surface area contributed by atoms with Crippen LogP contribution in [0.15, 0.2) is 67.3 Å². The van der Waals surface area contributed by atoms with Crippen LogP contribution in [0.3, 0.4) is 0 Å². The van der Waals surface area contributed by atoms with E-state index in [2.05, 4.69) is 19.1 Å². The normalized spacial score (nSPS) is 14.8. The second-order valence-corrected chi connectivity index (χ2v) is 6.51. The summed E-state index contributed by atoms with van der Waals surface area (Å²) in [6.45, 7) is -1.73. The molecule has 0 saturated heterocycles. The van der Waals surface area contributed by atoms with Gasteiger partial charge >= 0.3 is 0 Å². The third-order valence-electron chi connectivity index (χ3n) is 5.16. The lowest BCUT2D eigenvalue weighted by Crippen LogP contribution is -2.33. The van der Waals surface area contributed by atoms with Crippen molar-refractivity contribution >= 4 is 22.1 Å². The molecule has 0 spiro atoms. The fourth-order valence-corrected chi connectivity index (χ4v) is 4.08. The van der Waals surface area contributed by atoms with Crippen molar-refractivity contribution in [2.24, 2.45) is 6.98 Å². The van der Waals surface area contributed by atoms with Gasteiger partial charge in [0.05, 0.1) is 34.8 Å². The molecule has 0 bridgehead atoms. The smallest absolute Gasteiger partial charge is 0.264 e. The average Bonchev–Trinajstić information content (AvgIpc) is 3.34. The van der Waals surface area contributed by atoms with Gasteiger partial charge in [-0.15, -0.1) is 0 Å². The topological polar surface area (TPSA) is 39.5 Å². The number of fused-ring (bicyclic) bond motifs is 7. The van der Waals surface area contributed by atoms with Gasteiger partial charge in [-0.2, -0.15) is 0 Å². The molecule has 5 heterocycles. The third-order valence-corrected chi connectivity index (χ3v) is 5.16. The summed E-state index contributed by atoms with van der Waals surface area (Å²) < 4.78 is 30.3. The minimum absolute atomic E-state index is 0.601. The number of nitrogens with zero attached hydrogens (tertiary/aromatic N) is 5. The van der Waals surface area contributed by atoms with Crippen LogP contribution < -0.4 is 4.57 Å². The molecule has 1 aliphatic heterocycles. The van der Waals surface area contributed by atoms with E-state index in [0.29, 0.717) is 17.7 Å². The van der Waals surface area contributed by atoms with E-state index in [4.69, 9.17) is 4.11 Å². The number of rotatable bonds is 1. The zero-order valence-electron chi connectivity index (χ0n) is 16.8. The molecule has 0 amide bonds. The molecule has 6 rings (SSSR count). The van der Waals surface area contributed by atoms with E-state index in [9.17, 15) is 0 Å². The minimum atomic E-state index is -2.33. The summed E-state index contributed by atoms with van der Waals surface area (Å²) in [5.41, 5.74) is 5.27. The van der Waals surface area contributed by atoms with Crippen LogP contribution in [-0.4, -0.2) is 19.1 Å². The molecular formula is C21H16N5+. The summed E-state index contributed by atoms with van der Waals surface area (Å²) in [5, 5.41) is 0.863. The molecule has 0 radical (unpaired) electrons. The Bertz CT molecular complexity index is 1410. The van der Waals surface area contributed by atoms with Crippen LogP contribution in [0.2, 0.25) is 0 Å². The van der Waals surface area contributed by atoms with E-state index < -0.39 is 6.98 Å². The van der Waals surface area contributed by atoms with Gasteiger partial charge in [-0.25, -0.2) is 9.13 Å². The first-order valence-electron chi connectivity index (χ1n) is 9.97. The highest BCUT2D eigenvalue weighted by Crippen LogP contribution is 2.37. The number of aryl methyl sites for hydroxylation is 1. The Morgan fingerprint density at radius 3 is 2.77 bits per heavy atom. The molecule has 1 aromatic carbocycles. The summed E-state index contributed by atoms with van der Waals surface area (Å²) in [6.07, 6.45) is 6.97. The van der Waals surface area contributed by atoms with Gasteiger partial charge in [-0.3, -0.25) is 14.5 Å². The van der Waals surface area contributed by atoms with Gasteiger partial charge < -0.3 is 0 Å². The van der Waals surface area contributed by atoms with Crippen LogP contribution in [-0.2, 0) is 13.5 Å². The van der Waals surface area contributed by atoms with Crippen LogP contribution in [0.4, 0.5) is 0 Å². The van der Waals surface area contributed by atoms with Gasteiger partial charge in [0.1, 0.15) is 11.2 Å². The monoisotopic (exact) mass is 341 g/mol. The molecule has 0 N–H and O–H groups in total. The summed E-state index contributed by atoms with van der Waals surface area (Å²) in [4.78, 5) is 8.52. The van der Waals surface area contributed by atoms with Crippen molar-refractivity contribution in [1.82, 2.24) is 19.1 Å². The van der Waals surface area contributed by atoms with Crippen LogP contribution >= 0.6 is 0 Å². The average molecular weight is 341 g/mol. The van der Waals surface area contributed by atoms with Crippen molar-refractivity contribution in [3.05, 3.63) is 72.8 Å². The lowest BCUT2D eigenvalue weighted by molar-refractivity contribution is -0.648. The quantitative estimate of drug-likeness (QED) is 0.431. The molecule has 0 saturated carbocycles. The van der Waals surface area contributed by atoms with E-state index in [-0.39, 0.29) is 0 Å². The van der Waals surface area contributed by atoms with Gasteiger partial charge in [0.2, 0.25) is 5.82 Å². The molecule has 1 aliphatic rings. The highest BCUT2D eigenvalue weighted by molar-refractivity contribution is 6.05. The SMILES string of the molecule is [2H]C([2H])([2H])n1c2cnccc2c2c1[n+]1c(n2-c2ccccc2)-c2cnccc2C1.